The van der Waals surface area contributed by atoms with E-state index < -0.39 is 0 Å². The van der Waals surface area contributed by atoms with Gasteiger partial charge in [-0.05, 0) is 30.2 Å². The fourth-order valence-corrected chi connectivity index (χ4v) is 3.05. The standard InChI is InChI=1S/C20H23FN4O2/c1-15(26)24-10-12-25(13-11-24)20(27)19-7-6-17(14-23-19)22-9-8-16-4-2-3-5-18(16)21/h2-7,14,22H,8-13H2,1H3. The van der Waals surface area contributed by atoms with Crippen molar-refractivity contribution in [3.8, 4) is 0 Å². The fourth-order valence-electron chi connectivity index (χ4n) is 3.05. The summed E-state index contributed by atoms with van der Waals surface area (Å²) in [5.41, 5.74) is 1.82. The van der Waals surface area contributed by atoms with E-state index in [1.165, 1.54) is 13.0 Å². The van der Waals surface area contributed by atoms with Gasteiger partial charge < -0.3 is 15.1 Å². The van der Waals surface area contributed by atoms with Crippen LogP contribution in [-0.4, -0.2) is 59.3 Å². The number of carbonyl (C=O) groups excluding carboxylic acids is 2. The van der Waals surface area contributed by atoms with E-state index >= 15 is 0 Å². The molecule has 142 valence electrons. The Hall–Kier alpha value is -2.96. The Kier molecular flexibility index (Phi) is 6.01. The number of hydrogen-bond acceptors (Lipinski definition) is 4. The van der Waals surface area contributed by atoms with Crippen molar-refractivity contribution >= 4 is 17.5 Å². The Morgan fingerprint density at radius 1 is 1.07 bits per heavy atom. The number of piperazine rings is 1. The summed E-state index contributed by atoms with van der Waals surface area (Å²) in [6.45, 7) is 4.25. The topological polar surface area (TPSA) is 65.5 Å². The molecule has 0 radical (unpaired) electrons. The molecule has 2 aromatic rings. The smallest absolute Gasteiger partial charge is 0.272 e. The van der Waals surface area contributed by atoms with Crippen molar-refractivity contribution in [2.75, 3.05) is 38.0 Å². The van der Waals surface area contributed by atoms with Crippen molar-refractivity contribution in [1.29, 1.82) is 0 Å². The molecule has 1 aromatic carbocycles. The van der Waals surface area contributed by atoms with Crippen LogP contribution in [0.2, 0.25) is 0 Å². The minimum absolute atomic E-state index is 0.0334. The van der Waals surface area contributed by atoms with Crippen LogP contribution < -0.4 is 5.32 Å². The van der Waals surface area contributed by atoms with Crippen LogP contribution in [0, 0.1) is 5.82 Å². The summed E-state index contributed by atoms with van der Waals surface area (Å²) in [7, 11) is 0. The van der Waals surface area contributed by atoms with E-state index in [0.29, 0.717) is 50.4 Å². The Morgan fingerprint density at radius 3 is 2.41 bits per heavy atom. The monoisotopic (exact) mass is 370 g/mol. The highest BCUT2D eigenvalue weighted by Gasteiger charge is 2.23. The summed E-state index contributed by atoms with van der Waals surface area (Å²) in [4.78, 5) is 31.6. The van der Waals surface area contributed by atoms with Gasteiger partial charge in [0.15, 0.2) is 0 Å². The van der Waals surface area contributed by atoms with Gasteiger partial charge in [-0.25, -0.2) is 9.37 Å². The number of carbonyl (C=O) groups is 2. The van der Waals surface area contributed by atoms with Crippen molar-refractivity contribution < 1.29 is 14.0 Å². The van der Waals surface area contributed by atoms with E-state index in [0.717, 1.165) is 5.69 Å². The first-order chi connectivity index (χ1) is 13.0. The molecule has 2 heterocycles. The van der Waals surface area contributed by atoms with Gasteiger partial charge >= 0.3 is 0 Å². The predicted octanol–water partition coefficient (Wildman–Crippen LogP) is 2.18. The van der Waals surface area contributed by atoms with E-state index in [9.17, 15) is 14.0 Å². The number of amides is 2. The molecular formula is C20H23FN4O2. The molecule has 0 spiro atoms. The van der Waals surface area contributed by atoms with Crippen LogP contribution in [-0.2, 0) is 11.2 Å². The van der Waals surface area contributed by atoms with Crippen molar-refractivity contribution in [3.63, 3.8) is 0 Å². The van der Waals surface area contributed by atoms with Crippen LogP contribution in [0.15, 0.2) is 42.6 Å². The van der Waals surface area contributed by atoms with Crippen LogP contribution in [0.1, 0.15) is 23.0 Å². The first-order valence-electron chi connectivity index (χ1n) is 9.02. The van der Waals surface area contributed by atoms with Gasteiger partial charge in [-0.1, -0.05) is 18.2 Å². The van der Waals surface area contributed by atoms with E-state index in [1.54, 1.807) is 40.3 Å². The second-order valence-corrected chi connectivity index (χ2v) is 6.50. The lowest BCUT2D eigenvalue weighted by molar-refractivity contribution is -0.130. The number of nitrogens with one attached hydrogen (secondary N) is 1. The van der Waals surface area contributed by atoms with Gasteiger partial charge in [0.05, 0.1) is 11.9 Å². The summed E-state index contributed by atoms with van der Waals surface area (Å²) in [5, 5.41) is 3.19. The average molecular weight is 370 g/mol. The maximum Gasteiger partial charge on any atom is 0.272 e. The van der Waals surface area contributed by atoms with Gasteiger partial charge in [0.25, 0.3) is 5.91 Å². The van der Waals surface area contributed by atoms with E-state index in [4.69, 9.17) is 0 Å². The van der Waals surface area contributed by atoms with Crippen LogP contribution in [0.4, 0.5) is 10.1 Å². The summed E-state index contributed by atoms with van der Waals surface area (Å²) >= 11 is 0. The van der Waals surface area contributed by atoms with E-state index in [2.05, 4.69) is 10.3 Å². The predicted molar refractivity (Wildman–Crippen MR) is 101 cm³/mol. The number of nitrogens with zero attached hydrogens (tertiary/aromatic N) is 3. The number of halogens is 1. The molecule has 0 saturated carbocycles. The van der Waals surface area contributed by atoms with Gasteiger partial charge in [0.1, 0.15) is 11.5 Å². The highest BCUT2D eigenvalue weighted by atomic mass is 19.1. The Labute approximate surface area is 158 Å². The van der Waals surface area contributed by atoms with Crippen molar-refractivity contribution in [2.24, 2.45) is 0 Å². The molecule has 1 saturated heterocycles. The first kappa shape index (κ1) is 18.8. The molecule has 1 fully saturated rings. The molecule has 0 aliphatic carbocycles. The highest BCUT2D eigenvalue weighted by molar-refractivity contribution is 5.92. The molecule has 1 N–H and O–H groups in total. The summed E-state index contributed by atoms with van der Waals surface area (Å²) < 4.78 is 13.6. The fraction of sp³-hybridized carbons (Fsp3) is 0.350. The van der Waals surface area contributed by atoms with Gasteiger partial charge in [-0.3, -0.25) is 9.59 Å². The van der Waals surface area contributed by atoms with Crippen molar-refractivity contribution in [1.82, 2.24) is 14.8 Å². The second-order valence-electron chi connectivity index (χ2n) is 6.50. The largest absolute Gasteiger partial charge is 0.383 e. The summed E-state index contributed by atoms with van der Waals surface area (Å²) in [6, 6.07) is 10.2. The highest BCUT2D eigenvalue weighted by Crippen LogP contribution is 2.12. The Balaban J connectivity index is 1.50. The molecule has 0 atom stereocenters. The van der Waals surface area contributed by atoms with Gasteiger partial charge in [0.2, 0.25) is 5.91 Å². The zero-order chi connectivity index (χ0) is 19.2. The molecule has 27 heavy (non-hydrogen) atoms. The minimum Gasteiger partial charge on any atom is -0.383 e. The molecule has 3 rings (SSSR count). The lowest BCUT2D eigenvalue weighted by Crippen LogP contribution is -2.50. The third-order valence-electron chi connectivity index (χ3n) is 4.68. The molecule has 1 aliphatic heterocycles. The average Bonchev–Trinajstić information content (AvgIpc) is 2.69. The summed E-state index contributed by atoms with van der Waals surface area (Å²) in [5.74, 6) is -0.301. The number of anilines is 1. The third kappa shape index (κ3) is 4.81. The lowest BCUT2D eigenvalue weighted by Gasteiger charge is -2.34. The quantitative estimate of drug-likeness (QED) is 0.876. The Morgan fingerprint density at radius 2 is 1.78 bits per heavy atom. The number of aromatic nitrogens is 1. The van der Waals surface area contributed by atoms with E-state index in [-0.39, 0.29) is 17.6 Å². The van der Waals surface area contributed by atoms with Crippen LogP contribution in [0.3, 0.4) is 0 Å². The van der Waals surface area contributed by atoms with Crippen LogP contribution in [0.5, 0.6) is 0 Å². The van der Waals surface area contributed by atoms with Gasteiger partial charge in [-0.15, -0.1) is 0 Å². The molecule has 7 heteroatoms. The molecule has 1 aliphatic rings. The zero-order valence-electron chi connectivity index (χ0n) is 15.3. The number of hydrogen-bond donors (Lipinski definition) is 1. The summed E-state index contributed by atoms with van der Waals surface area (Å²) in [6.07, 6.45) is 2.17. The molecule has 0 bridgehead atoms. The third-order valence-corrected chi connectivity index (χ3v) is 4.68. The second kappa shape index (κ2) is 8.62. The molecule has 1 aromatic heterocycles. The minimum atomic E-state index is -0.205. The molecule has 0 unspecified atom stereocenters. The molecule has 2 amide bonds. The number of pyridine rings is 1. The number of rotatable bonds is 5. The van der Waals surface area contributed by atoms with Crippen LogP contribution >= 0.6 is 0 Å². The molecule has 6 nitrogen and oxygen atoms in total. The first-order valence-corrected chi connectivity index (χ1v) is 9.02. The maximum absolute atomic E-state index is 13.6. The lowest BCUT2D eigenvalue weighted by atomic mass is 10.1. The molecular weight excluding hydrogens is 347 g/mol. The Bertz CT molecular complexity index is 802. The van der Waals surface area contributed by atoms with Gasteiger partial charge in [-0.2, -0.15) is 0 Å². The van der Waals surface area contributed by atoms with Crippen LogP contribution in [0.25, 0.3) is 0 Å². The van der Waals surface area contributed by atoms with Crippen molar-refractivity contribution in [3.05, 3.63) is 59.7 Å². The van der Waals surface area contributed by atoms with Gasteiger partial charge in [0, 0.05) is 39.6 Å². The maximum atomic E-state index is 13.6. The number of benzene rings is 1. The van der Waals surface area contributed by atoms with Crippen molar-refractivity contribution in [2.45, 2.75) is 13.3 Å². The van der Waals surface area contributed by atoms with E-state index in [1.807, 2.05) is 6.07 Å². The SMILES string of the molecule is CC(=O)N1CCN(C(=O)c2ccc(NCCc3ccccc3F)cn2)CC1. The normalized spacial score (nSPS) is 14.1. The zero-order valence-corrected chi connectivity index (χ0v) is 15.3.